The van der Waals surface area contributed by atoms with Gasteiger partial charge in [0.25, 0.3) is 0 Å². The molecule has 0 radical (unpaired) electrons. The molecule has 1 aromatic heterocycles. The Hall–Kier alpha value is -0.380. The van der Waals surface area contributed by atoms with Gasteiger partial charge in [-0.15, -0.1) is 24.8 Å². The van der Waals surface area contributed by atoms with Crippen molar-refractivity contribution in [3.8, 4) is 0 Å². The lowest BCUT2D eigenvalue weighted by Crippen LogP contribution is -2.27. The first-order valence-electron chi connectivity index (χ1n) is 4.43. The van der Waals surface area contributed by atoms with Gasteiger partial charge in [-0.2, -0.15) is 0 Å². The maximum absolute atomic E-state index is 4.26. The molecule has 0 aliphatic carbocycles. The molecule has 14 heavy (non-hydrogen) atoms. The lowest BCUT2D eigenvalue weighted by atomic mass is 9.95. The third-order valence-corrected chi connectivity index (χ3v) is 2.36. The maximum Gasteiger partial charge on any atom is 0.115 e. The van der Waals surface area contributed by atoms with E-state index in [1.165, 1.54) is 18.5 Å². The van der Waals surface area contributed by atoms with Crippen molar-refractivity contribution >= 4 is 24.8 Å². The number of aromatic nitrogens is 2. The number of piperidine rings is 1. The highest BCUT2D eigenvalue weighted by Crippen LogP contribution is 2.22. The lowest BCUT2D eigenvalue weighted by Gasteiger charge is -2.21. The zero-order valence-electron chi connectivity index (χ0n) is 7.85. The van der Waals surface area contributed by atoms with Gasteiger partial charge in [-0.1, -0.05) is 0 Å². The highest BCUT2D eigenvalue weighted by Gasteiger charge is 2.15. The SMILES string of the molecule is Cl.Cl.c1cc(C2CCNCC2)ncn1. The highest BCUT2D eigenvalue weighted by atomic mass is 35.5. The second kappa shape index (κ2) is 6.98. The molecule has 1 N–H and O–H groups in total. The van der Waals surface area contributed by atoms with Crippen molar-refractivity contribution in [2.24, 2.45) is 0 Å². The summed E-state index contributed by atoms with van der Waals surface area (Å²) >= 11 is 0. The number of hydrogen-bond acceptors (Lipinski definition) is 3. The molecule has 2 rings (SSSR count). The van der Waals surface area contributed by atoms with Crippen LogP contribution in [0.3, 0.4) is 0 Å². The smallest absolute Gasteiger partial charge is 0.115 e. The van der Waals surface area contributed by atoms with Crippen LogP contribution in [0.25, 0.3) is 0 Å². The molecule has 0 aromatic carbocycles. The molecule has 0 bridgehead atoms. The molecular weight excluding hydrogens is 221 g/mol. The summed E-state index contributed by atoms with van der Waals surface area (Å²) in [4.78, 5) is 8.18. The van der Waals surface area contributed by atoms with Crippen LogP contribution in [0.1, 0.15) is 24.5 Å². The van der Waals surface area contributed by atoms with Crippen LogP contribution in [0.15, 0.2) is 18.6 Å². The number of nitrogens with one attached hydrogen (secondary N) is 1. The quantitative estimate of drug-likeness (QED) is 0.807. The molecule has 0 atom stereocenters. The van der Waals surface area contributed by atoms with Crippen LogP contribution in [-0.4, -0.2) is 23.1 Å². The standard InChI is InChI=1S/C9H13N3.2ClH/c1-4-10-5-2-8(1)9-3-6-11-7-12-9;;/h3,6-8,10H,1-2,4-5H2;2*1H. The maximum atomic E-state index is 4.26. The van der Waals surface area contributed by atoms with Gasteiger partial charge in [-0.25, -0.2) is 9.97 Å². The van der Waals surface area contributed by atoms with E-state index in [4.69, 9.17) is 0 Å². The van der Waals surface area contributed by atoms with Gasteiger partial charge in [-0.3, -0.25) is 0 Å². The number of rotatable bonds is 1. The number of nitrogens with zero attached hydrogens (tertiary/aromatic N) is 2. The first-order chi connectivity index (χ1) is 5.97. The third-order valence-electron chi connectivity index (χ3n) is 2.36. The summed E-state index contributed by atoms with van der Waals surface area (Å²) < 4.78 is 0. The minimum absolute atomic E-state index is 0. The fourth-order valence-electron chi connectivity index (χ4n) is 1.66. The minimum Gasteiger partial charge on any atom is -0.317 e. The molecule has 1 aromatic rings. The van der Waals surface area contributed by atoms with E-state index in [0.29, 0.717) is 5.92 Å². The van der Waals surface area contributed by atoms with E-state index >= 15 is 0 Å². The first kappa shape index (κ1) is 13.6. The van der Waals surface area contributed by atoms with Crippen LogP contribution in [0.5, 0.6) is 0 Å². The average molecular weight is 236 g/mol. The summed E-state index contributed by atoms with van der Waals surface area (Å²) in [5.41, 5.74) is 1.20. The summed E-state index contributed by atoms with van der Waals surface area (Å²) in [5.74, 6) is 0.647. The Kier molecular flexibility index (Phi) is 6.79. The van der Waals surface area contributed by atoms with Gasteiger partial charge < -0.3 is 5.32 Å². The van der Waals surface area contributed by atoms with Crippen LogP contribution in [0.2, 0.25) is 0 Å². The molecule has 0 unspecified atom stereocenters. The van der Waals surface area contributed by atoms with E-state index < -0.39 is 0 Å². The van der Waals surface area contributed by atoms with Crippen LogP contribution in [-0.2, 0) is 0 Å². The first-order valence-corrected chi connectivity index (χ1v) is 4.43. The van der Waals surface area contributed by atoms with Gasteiger partial charge >= 0.3 is 0 Å². The van der Waals surface area contributed by atoms with Gasteiger partial charge in [-0.05, 0) is 32.0 Å². The second-order valence-corrected chi connectivity index (χ2v) is 3.16. The van der Waals surface area contributed by atoms with Crippen molar-refractivity contribution in [1.82, 2.24) is 15.3 Å². The molecule has 1 saturated heterocycles. The average Bonchev–Trinajstić information content (AvgIpc) is 2.21. The molecule has 1 aliphatic rings. The van der Waals surface area contributed by atoms with Crippen LogP contribution < -0.4 is 5.32 Å². The van der Waals surface area contributed by atoms with Crippen molar-refractivity contribution in [3.63, 3.8) is 0 Å². The van der Waals surface area contributed by atoms with Gasteiger partial charge in [0.2, 0.25) is 0 Å². The zero-order chi connectivity index (χ0) is 8.23. The predicted molar refractivity (Wildman–Crippen MR) is 61.4 cm³/mol. The molecule has 0 saturated carbocycles. The largest absolute Gasteiger partial charge is 0.317 e. The summed E-state index contributed by atoms with van der Waals surface area (Å²) in [6, 6.07) is 2.02. The monoisotopic (exact) mass is 235 g/mol. The van der Waals surface area contributed by atoms with E-state index in [9.17, 15) is 0 Å². The fraction of sp³-hybridized carbons (Fsp3) is 0.556. The Balaban J connectivity index is 0.000000845. The normalized spacial score (nSPS) is 16.6. The van der Waals surface area contributed by atoms with Crippen molar-refractivity contribution in [2.45, 2.75) is 18.8 Å². The minimum atomic E-state index is 0. The summed E-state index contributed by atoms with van der Waals surface area (Å²) in [7, 11) is 0. The van der Waals surface area contributed by atoms with E-state index in [1.54, 1.807) is 6.33 Å². The highest BCUT2D eigenvalue weighted by molar-refractivity contribution is 5.85. The topological polar surface area (TPSA) is 37.8 Å². The van der Waals surface area contributed by atoms with Crippen LogP contribution in [0.4, 0.5) is 0 Å². The van der Waals surface area contributed by atoms with Gasteiger partial charge in [0.1, 0.15) is 6.33 Å². The Morgan fingerprint density at radius 3 is 2.50 bits per heavy atom. The Morgan fingerprint density at radius 1 is 1.21 bits per heavy atom. The Morgan fingerprint density at radius 2 is 1.93 bits per heavy atom. The Bertz CT molecular complexity index is 237. The summed E-state index contributed by atoms with van der Waals surface area (Å²) in [6.45, 7) is 2.24. The number of hydrogen-bond donors (Lipinski definition) is 1. The van der Waals surface area contributed by atoms with Crippen LogP contribution >= 0.6 is 24.8 Å². The van der Waals surface area contributed by atoms with Gasteiger partial charge in [0, 0.05) is 17.8 Å². The predicted octanol–water partition coefficient (Wildman–Crippen LogP) is 1.79. The van der Waals surface area contributed by atoms with E-state index in [1.807, 2.05) is 12.3 Å². The third kappa shape index (κ3) is 3.40. The molecule has 1 aliphatic heterocycles. The van der Waals surface area contributed by atoms with Gasteiger partial charge in [0.15, 0.2) is 0 Å². The molecule has 80 valence electrons. The molecule has 0 spiro atoms. The van der Waals surface area contributed by atoms with Crippen LogP contribution in [0, 0.1) is 0 Å². The van der Waals surface area contributed by atoms with E-state index in [0.717, 1.165) is 13.1 Å². The molecular formula is C9H15Cl2N3. The molecule has 3 nitrogen and oxygen atoms in total. The second-order valence-electron chi connectivity index (χ2n) is 3.16. The van der Waals surface area contributed by atoms with E-state index in [-0.39, 0.29) is 24.8 Å². The van der Waals surface area contributed by atoms with Crippen molar-refractivity contribution < 1.29 is 0 Å². The summed E-state index contributed by atoms with van der Waals surface area (Å²) in [6.07, 6.45) is 5.87. The molecule has 5 heteroatoms. The molecule has 0 amide bonds. The molecule has 2 heterocycles. The van der Waals surface area contributed by atoms with Crippen molar-refractivity contribution in [2.75, 3.05) is 13.1 Å². The van der Waals surface area contributed by atoms with Crippen molar-refractivity contribution in [1.29, 1.82) is 0 Å². The van der Waals surface area contributed by atoms with Gasteiger partial charge in [0.05, 0.1) is 0 Å². The van der Waals surface area contributed by atoms with Crippen molar-refractivity contribution in [3.05, 3.63) is 24.3 Å². The zero-order valence-corrected chi connectivity index (χ0v) is 9.48. The Labute approximate surface area is 96.5 Å². The lowest BCUT2D eigenvalue weighted by molar-refractivity contribution is 0.453. The molecule has 1 fully saturated rings. The summed E-state index contributed by atoms with van der Waals surface area (Å²) in [5, 5.41) is 3.34. The number of halogens is 2. The fourth-order valence-corrected chi connectivity index (χ4v) is 1.66. The van der Waals surface area contributed by atoms with E-state index in [2.05, 4.69) is 15.3 Å².